The number of hydrogen-bond acceptors (Lipinski definition) is 3. The Morgan fingerprint density at radius 2 is 1.88 bits per heavy atom. The van der Waals surface area contributed by atoms with Gasteiger partial charge in [0, 0.05) is 22.7 Å². The smallest absolute Gasteiger partial charge is 0.451 e. The topological polar surface area (TPSA) is 51.5 Å². The van der Waals surface area contributed by atoms with E-state index in [0.717, 1.165) is 17.5 Å². The molecular weight excluding hydrogens is 323 g/mol. The molecule has 0 saturated heterocycles. The molecule has 24 heavy (non-hydrogen) atoms. The molecule has 7 heteroatoms. The molecule has 0 bridgehead atoms. The zero-order chi connectivity index (χ0) is 17.3. The van der Waals surface area contributed by atoms with Crippen molar-refractivity contribution in [2.75, 3.05) is 5.32 Å². The molecule has 3 rings (SSSR count). The number of furan rings is 1. The lowest BCUT2D eigenvalue weighted by atomic mass is 10.1. The molecule has 124 valence electrons. The SMILES string of the molecule is Cc1c(C(=O)Nc2cccc(OC(F)(F)F)c2)oc2ccccc12. The zero-order valence-electron chi connectivity index (χ0n) is 12.5. The highest BCUT2D eigenvalue weighted by Gasteiger charge is 2.31. The second kappa shape index (κ2) is 5.92. The molecule has 2 aromatic carbocycles. The van der Waals surface area contributed by atoms with Crippen molar-refractivity contribution in [3.8, 4) is 5.75 Å². The van der Waals surface area contributed by atoms with Crippen molar-refractivity contribution in [1.82, 2.24) is 0 Å². The molecule has 0 aliphatic heterocycles. The molecule has 1 N–H and O–H groups in total. The second-order valence-electron chi connectivity index (χ2n) is 5.08. The fraction of sp³-hybridized carbons (Fsp3) is 0.118. The van der Waals surface area contributed by atoms with Gasteiger partial charge in [-0.3, -0.25) is 4.79 Å². The number of para-hydroxylation sites is 1. The molecule has 0 unspecified atom stereocenters. The van der Waals surface area contributed by atoms with Crippen LogP contribution in [0.5, 0.6) is 5.75 Å². The second-order valence-corrected chi connectivity index (χ2v) is 5.08. The van der Waals surface area contributed by atoms with E-state index in [0.29, 0.717) is 11.1 Å². The van der Waals surface area contributed by atoms with E-state index in [1.807, 2.05) is 12.1 Å². The Kier molecular flexibility index (Phi) is 3.92. The van der Waals surface area contributed by atoms with E-state index >= 15 is 0 Å². The maximum atomic E-state index is 12.3. The minimum absolute atomic E-state index is 0.110. The number of carbonyl (C=O) groups is 1. The highest BCUT2D eigenvalue weighted by molar-refractivity contribution is 6.06. The lowest BCUT2D eigenvalue weighted by Gasteiger charge is -2.10. The van der Waals surface area contributed by atoms with Crippen LogP contribution in [0, 0.1) is 6.92 Å². The van der Waals surface area contributed by atoms with Gasteiger partial charge in [-0.2, -0.15) is 0 Å². The largest absolute Gasteiger partial charge is 0.573 e. The van der Waals surface area contributed by atoms with E-state index in [1.54, 1.807) is 19.1 Å². The minimum Gasteiger partial charge on any atom is -0.451 e. The number of ether oxygens (including phenoxy) is 1. The summed E-state index contributed by atoms with van der Waals surface area (Å²) in [6.45, 7) is 1.74. The van der Waals surface area contributed by atoms with Crippen LogP contribution < -0.4 is 10.1 Å². The Morgan fingerprint density at radius 3 is 2.58 bits per heavy atom. The van der Waals surface area contributed by atoms with Gasteiger partial charge < -0.3 is 14.5 Å². The number of alkyl halides is 3. The van der Waals surface area contributed by atoms with Crippen LogP contribution >= 0.6 is 0 Å². The van der Waals surface area contributed by atoms with E-state index in [2.05, 4.69) is 10.1 Å². The molecule has 4 nitrogen and oxygen atoms in total. The number of aryl methyl sites for hydroxylation is 1. The number of rotatable bonds is 3. The number of fused-ring (bicyclic) bond motifs is 1. The van der Waals surface area contributed by atoms with Crippen LogP contribution in [0.1, 0.15) is 16.1 Å². The Morgan fingerprint density at radius 1 is 1.12 bits per heavy atom. The number of carbonyl (C=O) groups excluding carboxylic acids is 1. The number of hydrogen-bond donors (Lipinski definition) is 1. The Balaban J connectivity index is 1.84. The lowest BCUT2D eigenvalue weighted by molar-refractivity contribution is -0.274. The monoisotopic (exact) mass is 335 g/mol. The van der Waals surface area contributed by atoms with Gasteiger partial charge in [-0.05, 0) is 25.1 Å². The summed E-state index contributed by atoms with van der Waals surface area (Å²) in [5.41, 5.74) is 1.39. The van der Waals surface area contributed by atoms with E-state index in [4.69, 9.17) is 4.42 Å². The number of halogens is 3. The fourth-order valence-corrected chi connectivity index (χ4v) is 2.35. The van der Waals surface area contributed by atoms with Crippen molar-refractivity contribution in [2.24, 2.45) is 0 Å². The summed E-state index contributed by atoms with van der Waals surface area (Å²) < 4.78 is 46.1. The van der Waals surface area contributed by atoms with Gasteiger partial charge in [0.15, 0.2) is 5.76 Å². The summed E-state index contributed by atoms with van der Waals surface area (Å²) in [5.74, 6) is -0.854. The van der Waals surface area contributed by atoms with Crippen molar-refractivity contribution in [3.63, 3.8) is 0 Å². The van der Waals surface area contributed by atoms with E-state index in [-0.39, 0.29) is 11.4 Å². The molecule has 0 fully saturated rings. The Hall–Kier alpha value is -2.96. The summed E-state index contributed by atoms with van der Waals surface area (Å²) in [6, 6.07) is 12.2. The first-order valence-electron chi connectivity index (χ1n) is 6.99. The van der Waals surface area contributed by atoms with Gasteiger partial charge in [-0.15, -0.1) is 13.2 Å². The van der Waals surface area contributed by atoms with Crippen molar-refractivity contribution in [3.05, 3.63) is 59.9 Å². The average Bonchev–Trinajstić information content (AvgIpc) is 2.84. The number of amides is 1. The van der Waals surface area contributed by atoms with Crippen LogP contribution in [0.3, 0.4) is 0 Å². The van der Waals surface area contributed by atoms with E-state index < -0.39 is 18.0 Å². The van der Waals surface area contributed by atoms with Crippen LogP contribution in [0.15, 0.2) is 52.9 Å². The number of nitrogens with one attached hydrogen (secondary N) is 1. The Bertz CT molecular complexity index is 899. The quantitative estimate of drug-likeness (QED) is 0.741. The van der Waals surface area contributed by atoms with Gasteiger partial charge >= 0.3 is 6.36 Å². The molecule has 0 atom stereocenters. The molecule has 0 radical (unpaired) electrons. The first-order chi connectivity index (χ1) is 11.3. The van der Waals surface area contributed by atoms with Gasteiger partial charge in [0.2, 0.25) is 0 Å². The summed E-state index contributed by atoms with van der Waals surface area (Å²) in [7, 11) is 0. The van der Waals surface area contributed by atoms with Gasteiger partial charge in [0.05, 0.1) is 0 Å². The third-order valence-electron chi connectivity index (χ3n) is 3.38. The summed E-state index contributed by atoms with van der Waals surface area (Å²) in [6.07, 6.45) is -4.79. The van der Waals surface area contributed by atoms with Crippen LogP contribution in [-0.2, 0) is 0 Å². The molecule has 0 spiro atoms. The summed E-state index contributed by atoms with van der Waals surface area (Å²) >= 11 is 0. The highest BCUT2D eigenvalue weighted by atomic mass is 19.4. The maximum absolute atomic E-state index is 12.3. The molecule has 1 amide bonds. The minimum atomic E-state index is -4.79. The van der Waals surface area contributed by atoms with E-state index in [9.17, 15) is 18.0 Å². The predicted molar refractivity (Wildman–Crippen MR) is 82.0 cm³/mol. The first-order valence-corrected chi connectivity index (χ1v) is 6.99. The molecule has 0 aliphatic rings. The first kappa shape index (κ1) is 15.9. The van der Waals surface area contributed by atoms with E-state index in [1.165, 1.54) is 12.1 Å². The van der Waals surface area contributed by atoms with Gasteiger partial charge in [-0.25, -0.2) is 0 Å². The third kappa shape index (κ3) is 3.34. The lowest BCUT2D eigenvalue weighted by Crippen LogP contribution is -2.17. The van der Waals surface area contributed by atoms with Gasteiger partial charge in [-0.1, -0.05) is 24.3 Å². The van der Waals surface area contributed by atoms with Crippen LogP contribution in [-0.4, -0.2) is 12.3 Å². The molecule has 0 saturated carbocycles. The van der Waals surface area contributed by atoms with Crippen LogP contribution in [0.4, 0.5) is 18.9 Å². The van der Waals surface area contributed by atoms with Crippen LogP contribution in [0.2, 0.25) is 0 Å². The van der Waals surface area contributed by atoms with Crippen molar-refractivity contribution >= 4 is 22.6 Å². The average molecular weight is 335 g/mol. The van der Waals surface area contributed by atoms with Crippen molar-refractivity contribution < 1.29 is 27.1 Å². The predicted octanol–water partition coefficient (Wildman–Crippen LogP) is 4.89. The fourth-order valence-electron chi connectivity index (χ4n) is 2.35. The molecular formula is C17H12F3NO3. The molecule has 1 heterocycles. The van der Waals surface area contributed by atoms with Crippen molar-refractivity contribution in [2.45, 2.75) is 13.3 Å². The number of anilines is 1. The van der Waals surface area contributed by atoms with Gasteiger partial charge in [0.25, 0.3) is 5.91 Å². The zero-order valence-corrected chi connectivity index (χ0v) is 12.5. The van der Waals surface area contributed by atoms with Crippen molar-refractivity contribution in [1.29, 1.82) is 0 Å². The molecule has 0 aliphatic carbocycles. The van der Waals surface area contributed by atoms with Crippen LogP contribution in [0.25, 0.3) is 11.0 Å². The molecule has 3 aromatic rings. The third-order valence-corrected chi connectivity index (χ3v) is 3.38. The maximum Gasteiger partial charge on any atom is 0.573 e. The Labute approximate surface area is 134 Å². The number of benzene rings is 2. The summed E-state index contributed by atoms with van der Waals surface area (Å²) in [4.78, 5) is 12.3. The highest BCUT2D eigenvalue weighted by Crippen LogP contribution is 2.27. The molecule has 1 aromatic heterocycles. The summed E-state index contributed by atoms with van der Waals surface area (Å²) in [5, 5.41) is 3.31. The van der Waals surface area contributed by atoms with Gasteiger partial charge in [0.1, 0.15) is 11.3 Å². The standard InChI is InChI=1S/C17H12F3NO3/c1-10-13-7-2-3-8-14(13)23-15(10)16(22)21-11-5-4-6-12(9-11)24-17(18,19)20/h2-9H,1H3,(H,21,22). The normalized spacial score (nSPS) is 11.5.